The lowest BCUT2D eigenvalue weighted by molar-refractivity contribution is -0.137. The monoisotopic (exact) mass is 380 g/mol. The fourth-order valence-electron chi connectivity index (χ4n) is 3.03. The first-order chi connectivity index (χ1) is 11.7. The molecule has 0 fully saturated rings. The molecule has 0 aliphatic rings. The second-order valence-corrected chi connectivity index (χ2v) is 5.58. The number of alkyl halides is 6. The second-order valence-electron chi connectivity index (χ2n) is 5.58. The van der Waals surface area contributed by atoms with Gasteiger partial charge in [-0.05, 0) is 0 Å². The van der Waals surface area contributed by atoms with Crippen LogP contribution >= 0.6 is 0 Å². The van der Waals surface area contributed by atoms with E-state index in [1.54, 1.807) is 0 Å². The van der Waals surface area contributed by atoms with Gasteiger partial charge in [0.05, 0.1) is 32.7 Å². The molecule has 0 saturated carbocycles. The van der Waals surface area contributed by atoms with Crippen LogP contribution in [0.1, 0.15) is 11.1 Å². The Hall–Kier alpha value is -2.92. The fourth-order valence-corrected chi connectivity index (χ4v) is 3.03. The molecule has 0 aliphatic carbocycles. The predicted octanol–water partition coefficient (Wildman–Crippen LogP) is 1.02. The predicted molar refractivity (Wildman–Crippen MR) is 76.9 cm³/mol. The van der Waals surface area contributed by atoms with Crippen molar-refractivity contribution in [2.45, 2.75) is 12.4 Å². The summed E-state index contributed by atoms with van der Waals surface area (Å²) in [5, 5.41) is -6.31. The van der Waals surface area contributed by atoms with Crippen molar-refractivity contribution in [1.82, 2.24) is 9.13 Å². The molecule has 0 bridgehead atoms. The summed E-state index contributed by atoms with van der Waals surface area (Å²) < 4.78 is 81.4. The highest BCUT2D eigenvalue weighted by atomic mass is 19.4. The van der Waals surface area contributed by atoms with Crippen LogP contribution in [-0.4, -0.2) is 9.13 Å². The van der Waals surface area contributed by atoms with Gasteiger partial charge in [-0.3, -0.25) is 28.3 Å². The zero-order chi connectivity index (χ0) is 19.9. The summed E-state index contributed by atoms with van der Waals surface area (Å²) in [6, 6.07) is 0. The van der Waals surface area contributed by atoms with Gasteiger partial charge in [-0.2, -0.15) is 26.3 Å². The van der Waals surface area contributed by atoms with Crippen LogP contribution in [0.3, 0.4) is 0 Å². The van der Waals surface area contributed by atoms with Gasteiger partial charge in [-0.15, -0.1) is 0 Å². The fraction of sp³-hybridized carbons (Fsp3) is 0.286. The Kier molecular flexibility index (Phi) is 3.32. The normalized spacial score (nSPS) is 13.2. The van der Waals surface area contributed by atoms with Crippen LogP contribution in [0, 0.1) is 0 Å². The van der Waals surface area contributed by atoms with E-state index in [1.807, 2.05) is 0 Å². The highest BCUT2D eigenvalue weighted by molar-refractivity contribution is 6.06. The molecule has 0 aliphatic heterocycles. The maximum Gasteiger partial charge on any atom is 0.418 e. The lowest BCUT2D eigenvalue weighted by atomic mass is 9.96. The number of hydrogen-bond donors (Lipinski definition) is 0. The molecule has 2 heterocycles. The van der Waals surface area contributed by atoms with Gasteiger partial charge in [0.1, 0.15) is 0 Å². The standard InChI is InChI=1S/C14H6F6N2O4/c1-21-9(23)3-4(10(21)24)8(14(18,19)20)6-5(7(3)13(15,16)17)11(25)22(2)12(6)26/h1-2H3. The molecule has 6 nitrogen and oxygen atoms in total. The maximum atomic E-state index is 13.5. The van der Waals surface area contributed by atoms with E-state index in [0.717, 1.165) is 0 Å². The molecule has 0 radical (unpaired) electrons. The molecule has 0 amide bonds. The summed E-state index contributed by atoms with van der Waals surface area (Å²) in [4.78, 5) is 48.2. The van der Waals surface area contributed by atoms with Crippen molar-refractivity contribution in [3.63, 3.8) is 0 Å². The van der Waals surface area contributed by atoms with Crippen LogP contribution in [0.25, 0.3) is 21.5 Å². The Bertz CT molecular complexity index is 1120. The van der Waals surface area contributed by atoms with Gasteiger partial charge in [0.25, 0.3) is 22.2 Å². The van der Waals surface area contributed by atoms with Gasteiger partial charge >= 0.3 is 12.4 Å². The highest BCUT2D eigenvalue weighted by Gasteiger charge is 2.46. The van der Waals surface area contributed by atoms with E-state index < -0.39 is 67.3 Å². The number of fused-ring (bicyclic) bond motifs is 2. The molecular formula is C14H6F6N2O4. The molecule has 0 saturated heterocycles. The Labute approximate surface area is 137 Å². The van der Waals surface area contributed by atoms with Crippen LogP contribution in [0.5, 0.6) is 0 Å². The number of halogens is 6. The second kappa shape index (κ2) is 4.83. The van der Waals surface area contributed by atoms with E-state index in [-0.39, 0.29) is 9.13 Å². The Morgan fingerprint density at radius 1 is 0.538 bits per heavy atom. The number of nitrogens with zero attached hydrogens (tertiary/aromatic N) is 2. The molecule has 12 heteroatoms. The molecule has 26 heavy (non-hydrogen) atoms. The molecule has 0 unspecified atom stereocenters. The van der Waals surface area contributed by atoms with Gasteiger partial charge in [0.2, 0.25) is 0 Å². The summed E-state index contributed by atoms with van der Waals surface area (Å²) in [5.74, 6) is 0. The topological polar surface area (TPSA) is 78.1 Å². The smallest absolute Gasteiger partial charge is 0.277 e. The first-order valence-corrected chi connectivity index (χ1v) is 6.74. The quantitative estimate of drug-likeness (QED) is 0.546. The molecule has 0 atom stereocenters. The van der Waals surface area contributed by atoms with E-state index in [2.05, 4.69) is 0 Å². The summed E-state index contributed by atoms with van der Waals surface area (Å²) >= 11 is 0. The van der Waals surface area contributed by atoms with Crippen molar-refractivity contribution in [1.29, 1.82) is 0 Å². The summed E-state index contributed by atoms with van der Waals surface area (Å²) in [6.45, 7) is 0. The van der Waals surface area contributed by atoms with E-state index in [9.17, 15) is 45.5 Å². The van der Waals surface area contributed by atoms with E-state index in [0.29, 0.717) is 14.1 Å². The lowest BCUT2D eigenvalue weighted by Crippen LogP contribution is -2.23. The molecule has 0 spiro atoms. The number of rotatable bonds is 0. The van der Waals surface area contributed by atoms with Gasteiger partial charge in [0.15, 0.2) is 0 Å². The zero-order valence-electron chi connectivity index (χ0n) is 12.8. The molecule has 3 rings (SSSR count). The van der Waals surface area contributed by atoms with Crippen molar-refractivity contribution in [2.24, 2.45) is 14.1 Å². The molecule has 138 valence electrons. The van der Waals surface area contributed by atoms with Gasteiger partial charge < -0.3 is 0 Å². The SMILES string of the molecule is Cn1c(=O)c2c(C(F)(F)F)c3c(=O)n(C)c(=O)c3c(C(F)(F)F)c2c1=O. The van der Waals surface area contributed by atoms with Crippen molar-refractivity contribution in [3.05, 3.63) is 52.5 Å². The minimum absolute atomic E-state index is 0.0724. The maximum absolute atomic E-state index is 13.5. The van der Waals surface area contributed by atoms with E-state index >= 15 is 0 Å². The van der Waals surface area contributed by atoms with Crippen LogP contribution in [0.15, 0.2) is 19.2 Å². The van der Waals surface area contributed by atoms with Gasteiger partial charge in [-0.1, -0.05) is 0 Å². The summed E-state index contributed by atoms with van der Waals surface area (Å²) in [6.07, 6.45) is -10.9. The van der Waals surface area contributed by atoms with Gasteiger partial charge in [0, 0.05) is 14.1 Å². The van der Waals surface area contributed by atoms with Crippen molar-refractivity contribution in [2.75, 3.05) is 0 Å². The number of benzene rings is 1. The number of aromatic nitrogens is 2. The third-order valence-electron chi connectivity index (χ3n) is 4.14. The van der Waals surface area contributed by atoms with E-state index in [1.165, 1.54) is 0 Å². The molecule has 0 N–H and O–H groups in total. The van der Waals surface area contributed by atoms with Crippen molar-refractivity contribution < 1.29 is 26.3 Å². The van der Waals surface area contributed by atoms with Crippen molar-refractivity contribution >= 4 is 21.5 Å². The van der Waals surface area contributed by atoms with Crippen LogP contribution in [0.2, 0.25) is 0 Å². The Morgan fingerprint density at radius 3 is 0.885 bits per heavy atom. The molecular weight excluding hydrogens is 374 g/mol. The van der Waals surface area contributed by atoms with Crippen molar-refractivity contribution in [3.8, 4) is 0 Å². The Morgan fingerprint density at radius 2 is 0.731 bits per heavy atom. The summed E-state index contributed by atoms with van der Waals surface area (Å²) in [5.41, 5.74) is -10.6. The minimum atomic E-state index is -5.46. The Balaban J connectivity index is 3.00. The van der Waals surface area contributed by atoms with Crippen LogP contribution < -0.4 is 22.2 Å². The lowest BCUT2D eigenvalue weighted by Gasteiger charge is -2.13. The average Bonchev–Trinajstić information content (AvgIpc) is 2.85. The minimum Gasteiger partial charge on any atom is -0.277 e. The molecule has 1 aromatic carbocycles. The highest BCUT2D eigenvalue weighted by Crippen LogP contribution is 2.43. The van der Waals surface area contributed by atoms with Gasteiger partial charge in [-0.25, -0.2) is 0 Å². The van der Waals surface area contributed by atoms with Crippen LogP contribution in [0.4, 0.5) is 26.3 Å². The first-order valence-electron chi connectivity index (χ1n) is 6.74. The summed E-state index contributed by atoms with van der Waals surface area (Å²) in [7, 11) is 1.40. The van der Waals surface area contributed by atoms with E-state index in [4.69, 9.17) is 0 Å². The third-order valence-corrected chi connectivity index (χ3v) is 4.14. The average molecular weight is 380 g/mol. The first kappa shape index (κ1) is 17.9. The van der Waals surface area contributed by atoms with Crippen LogP contribution in [-0.2, 0) is 26.4 Å². The largest absolute Gasteiger partial charge is 0.418 e. The third kappa shape index (κ3) is 2.01. The zero-order valence-corrected chi connectivity index (χ0v) is 12.8. The molecule has 3 aromatic rings. The number of hydrogen-bond acceptors (Lipinski definition) is 4. The molecule has 2 aromatic heterocycles.